The van der Waals surface area contributed by atoms with Crippen LogP contribution in [-0.4, -0.2) is 78.2 Å². The fourth-order valence-electron chi connectivity index (χ4n) is 8.09. The van der Waals surface area contributed by atoms with Gasteiger partial charge in [0.15, 0.2) is 0 Å². The number of anilines is 1. The third-order valence-corrected chi connectivity index (χ3v) is 14.5. The highest BCUT2D eigenvalue weighted by atomic mass is 32.2. The number of nitrogens with one attached hydrogen (secondary N) is 3. The second-order valence-electron chi connectivity index (χ2n) is 16.8. The van der Waals surface area contributed by atoms with Gasteiger partial charge in [-0.25, -0.2) is 13.4 Å². The van der Waals surface area contributed by atoms with Gasteiger partial charge in [0, 0.05) is 41.1 Å². The fraction of sp³-hybridized carbons (Fsp3) is 0.404. The Labute approximate surface area is 365 Å². The maximum Gasteiger partial charge on any atom is 0.416 e. The van der Waals surface area contributed by atoms with Gasteiger partial charge in [-0.2, -0.15) is 13.2 Å². The molecule has 1 saturated heterocycles. The molecule has 2 heterocycles. The van der Waals surface area contributed by atoms with Gasteiger partial charge in [-0.15, -0.1) is 13.2 Å². The highest BCUT2D eigenvalue weighted by Gasteiger charge is 2.63. The first-order chi connectivity index (χ1) is 30.0. The summed E-state index contributed by atoms with van der Waals surface area (Å²) in [6.07, 6.45) is 1.66. The molecule has 3 N–H and O–H groups in total. The molecule has 1 aliphatic heterocycles. The van der Waals surface area contributed by atoms with Gasteiger partial charge in [-0.3, -0.25) is 19.1 Å². The van der Waals surface area contributed by atoms with Crippen molar-refractivity contribution in [3.05, 3.63) is 110 Å². The van der Waals surface area contributed by atoms with Crippen molar-refractivity contribution >= 4 is 44.3 Å². The van der Waals surface area contributed by atoms with E-state index in [0.29, 0.717) is 53.8 Å². The summed E-state index contributed by atoms with van der Waals surface area (Å²) in [5.74, 6) is -1.78. The monoisotopic (exact) mass is 887 g/mol. The highest BCUT2D eigenvalue weighted by molar-refractivity contribution is 7.91. The molecular weight excluding hydrogens is 836 g/mol. The Bertz CT molecular complexity index is 2500. The van der Waals surface area contributed by atoms with Gasteiger partial charge in [0.2, 0.25) is 21.8 Å². The van der Waals surface area contributed by atoms with Gasteiger partial charge < -0.3 is 25.0 Å². The molecule has 0 spiro atoms. The number of rotatable bonds is 19. The lowest BCUT2D eigenvalue weighted by molar-refractivity contribution is -0.140. The number of fused-ring (bicyclic) bond motifs is 1. The number of methoxy groups -OCH3 is 1. The van der Waals surface area contributed by atoms with Crippen LogP contribution in [0, 0.1) is 5.92 Å². The molecule has 0 bridgehead atoms. The third-order valence-electron chi connectivity index (χ3n) is 12.3. The molecule has 334 valence electrons. The Kier molecular flexibility index (Phi) is 12.9. The number of sulfonamides is 1. The molecule has 0 radical (unpaired) electrons. The smallest absolute Gasteiger partial charge is 0.416 e. The van der Waals surface area contributed by atoms with Crippen LogP contribution < -0.4 is 24.8 Å². The summed E-state index contributed by atoms with van der Waals surface area (Å²) >= 11 is 0. The Morgan fingerprint density at radius 3 is 2.43 bits per heavy atom. The average Bonchev–Trinajstić information content (AvgIpc) is 4.16. The number of pyridine rings is 1. The molecular formula is C47H52F3N5O7S. The van der Waals surface area contributed by atoms with E-state index in [1.807, 2.05) is 30.3 Å². The van der Waals surface area contributed by atoms with E-state index in [9.17, 15) is 36.0 Å². The topological polar surface area (TPSA) is 156 Å². The quantitative estimate of drug-likeness (QED) is 0.0629. The summed E-state index contributed by atoms with van der Waals surface area (Å²) in [7, 11) is -2.52. The number of alkyl halides is 3. The van der Waals surface area contributed by atoms with Crippen LogP contribution in [0.1, 0.15) is 70.3 Å². The SMILES string of the molecule is C=CCCCCC[C@H](Nc1cccc(C(F)(F)F)c1)C(=O)N1C[C@H](Oc2cc(-c3ccccc3)nc3cc(OC)ccc23)C[C@H]1C(=O)N[C@]1(C(=O)NS(=O)(=O)C2(C)CC2)C[C@H]1C=C. The number of allylic oxidation sites excluding steroid dienone is 1. The summed E-state index contributed by atoms with van der Waals surface area (Å²) in [6.45, 7) is 9.00. The number of hydrogen-bond donors (Lipinski definition) is 3. The van der Waals surface area contributed by atoms with Crippen LogP contribution in [0.3, 0.4) is 0 Å². The Morgan fingerprint density at radius 2 is 1.76 bits per heavy atom. The van der Waals surface area contributed by atoms with Crippen LogP contribution in [0.15, 0.2) is 104 Å². The standard InChI is InChI=1S/C47H52F3N5O7S/c1-5-7-8-9-13-19-37(51-33-18-14-17-32(24-33)47(48,49)50)43(57)55-29-35(62-41-27-38(30-15-11-10-12-16-30)52-39-25-34(61-4)20-21-36(39)41)26-40(55)42(56)53-46(28-31(46)6-2)44(58)54-63(59,60)45(3)22-23-45/h5-6,10-12,14-18,20-21,24-25,27,31,35,37,40,51H,1-2,7-9,13,19,22-23,26,28-29H2,3-4H3,(H,53,56)(H,54,58)/t31-,35-,37+,40+,46-/m1/s1. The number of benzene rings is 3. The lowest BCUT2D eigenvalue weighted by atomic mass is 10.0. The molecule has 0 unspecified atom stereocenters. The van der Waals surface area contributed by atoms with E-state index in [-0.39, 0.29) is 31.5 Å². The number of likely N-dealkylation sites (tertiary alicyclic amines) is 1. The van der Waals surface area contributed by atoms with Gasteiger partial charge in [0.1, 0.15) is 35.2 Å². The zero-order valence-electron chi connectivity index (χ0n) is 35.2. The molecule has 7 rings (SSSR count). The number of ether oxygens (including phenoxy) is 2. The zero-order valence-corrected chi connectivity index (χ0v) is 36.1. The largest absolute Gasteiger partial charge is 0.497 e. The first-order valence-corrected chi connectivity index (χ1v) is 22.6. The Morgan fingerprint density at radius 1 is 1.00 bits per heavy atom. The molecule has 5 atom stereocenters. The molecule has 16 heteroatoms. The number of nitrogens with zero attached hydrogens (tertiary/aromatic N) is 2. The minimum Gasteiger partial charge on any atom is -0.497 e. The first-order valence-electron chi connectivity index (χ1n) is 21.1. The van der Waals surface area contributed by atoms with Crippen molar-refractivity contribution in [1.82, 2.24) is 19.9 Å². The summed E-state index contributed by atoms with van der Waals surface area (Å²) in [6, 6.07) is 18.9. The molecule has 4 aromatic rings. The lowest BCUT2D eigenvalue weighted by Crippen LogP contribution is -2.58. The van der Waals surface area contributed by atoms with Gasteiger partial charge >= 0.3 is 6.18 Å². The van der Waals surface area contributed by atoms with Crippen molar-refractivity contribution in [2.45, 2.75) is 99.4 Å². The van der Waals surface area contributed by atoms with Crippen molar-refractivity contribution < 1.29 is 45.4 Å². The number of carbonyl (C=O) groups is 3. The minimum absolute atomic E-state index is 0.0410. The maximum atomic E-state index is 14.9. The third kappa shape index (κ3) is 9.85. The van der Waals surface area contributed by atoms with Gasteiger partial charge in [0.05, 0.1) is 35.2 Å². The van der Waals surface area contributed by atoms with Crippen LogP contribution in [0.25, 0.3) is 22.2 Å². The Balaban J connectivity index is 1.23. The molecule has 3 aliphatic rings. The van der Waals surface area contributed by atoms with E-state index in [0.717, 1.165) is 30.5 Å². The second kappa shape index (κ2) is 18.1. The van der Waals surface area contributed by atoms with Crippen molar-refractivity contribution in [2.24, 2.45) is 5.92 Å². The summed E-state index contributed by atoms with van der Waals surface area (Å²) in [5, 5.41) is 6.48. The van der Waals surface area contributed by atoms with Crippen LogP contribution in [0.2, 0.25) is 0 Å². The van der Waals surface area contributed by atoms with E-state index in [1.165, 1.54) is 23.1 Å². The van der Waals surface area contributed by atoms with Gasteiger partial charge in [-0.1, -0.05) is 61.4 Å². The fourth-order valence-corrected chi connectivity index (χ4v) is 9.40. The minimum atomic E-state index is -4.63. The average molecular weight is 888 g/mol. The molecule has 3 fully saturated rings. The van der Waals surface area contributed by atoms with Crippen molar-refractivity contribution in [3.8, 4) is 22.8 Å². The molecule has 2 aliphatic carbocycles. The second-order valence-corrected chi connectivity index (χ2v) is 19.0. The van der Waals surface area contributed by atoms with Gasteiger partial charge in [0.25, 0.3) is 5.91 Å². The molecule has 63 heavy (non-hydrogen) atoms. The van der Waals surface area contributed by atoms with Crippen LogP contribution >= 0.6 is 0 Å². The molecule has 2 saturated carbocycles. The van der Waals surface area contributed by atoms with Crippen molar-refractivity contribution in [1.29, 1.82) is 0 Å². The van der Waals surface area contributed by atoms with E-state index in [1.54, 1.807) is 44.4 Å². The Hall–Kier alpha value is -5.90. The first kappa shape index (κ1) is 45.1. The van der Waals surface area contributed by atoms with Gasteiger partial charge in [-0.05, 0) is 75.8 Å². The number of halogens is 3. The van der Waals surface area contributed by atoms with Crippen molar-refractivity contribution in [2.75, 3.05) is 19.0 Å². The van der Waals surface area contributed by atoms with Crippen LogP contribution in [-0.2, 0) is 30.6 Å². The molecule has 3 aromatic carbocycles. The molecule has 12 nitrogen and oxygen atoms in total. The highest BCUT2D eigenvalue weighted by Crippen LogP contribution is 2.47. The summed E-state index contributed by atoms with van der Waals surface area (Å²) in [4.78, 5) is 49.6. The lowest BCUT2D eigenvalue weighted by Gasteiger charge is -2.30. The number of aromatic nitrogens is 1. The van der Waals surface area contributed by atoms with E-state index in [4.69, 9.17) is 14.5 Å². The molecule has 3 amide bonds. The maximum absolute atomic E-state index is 14.9. The zero-order chi connectivity index (χ0) is 45.2. The van der Waals surface area contributed by atoms with E-state index >= 15 is 0 Å². The number of carbonyl (C=O) groups excluding carboxylic acids is 3. The van der Waals surface area contributed by atoms with Crippen molar-refractivity contribution in [3.63, 3.8) is 0 Å². The number of amides is 3. The van der Waals surface area contributed by atoms with E-state index < -0.39 is 73.9 Å². The predicted molar refractivity (Wildman–Crippen MR) is 234 cm³/mol. The normalized spacial score (nSPS) is 21.8. The number of unbranched alkanes of at least 4 members (excludes halogenated alkanes) is 3. The van der Waals surface area contributed by atoms with E-state index in [2.05, 4.69) is 28.5 Å². The van der Waals surface area contributed by atoms with Crippen LogP contribution in [0.5, 0.6) is 11.5 Å². The number of hydrogen-bond acceptors (Lipinski definition) is 9. The van der Waals surface area contributed by atoms with Crippen LogP contribution in [0.4, 0.5) is 18.9 Å². The summed E-state index contributed by atoms with van der Waals surface area (Å²) in [5.41, 5.74) is -0.484. The molecule has 1 aromatic heterocycles. The summed E-state index contributed by atoms with van der Waals surface area (Å²) < 4.78 is 81.0. The predicted octanol–water partition coefficient (Wildman–Crippen LogP) is 7.95.